The molecule has 146 valence electrons. The van der Waals surface area contributed by atoms with Crippen molar-refractivity contribution in [1.82, 2.24) is 4.90 Å². The van der Waals surface area contributed by atoms with Crippen LogP contribution in [0.1, 0.15) is 32.1 Å². The fourth-order valence-corrected chi connectivity index (χ4v) is 3.10. The topological polar surface area (TPSA) is 87.1 Å². The maximum Gasteiger partial charge on any atom is 0.414 e. The first kappa shape index (κ1) is 20.7. The van der Waals surface area contributed by atoms with E-state index in [2.05, 4.69) is 47.4 Å². The fraction of sp³-hybridized carbons (Fsp3) is 0.429. The average Bonchev–Trinajstić information content (AvgIpc) is 2.94. The summed E-state index contributed by atoms with van der Waals surface area (Å²) in [5.74, 6) is -2.66. The molecule has 0 aliphatic carbocycles. The maximum absolute atomic E-state index is 9.10. The summed E-state index contributed by atoms with van der Waals surface area (Å²) < 4.78 is 5.91. The Morgan fingerprint density at radius 3 is 2.15 bits per heavy atom. The van der Waals surface area contributed by atoms with E-state index in [1.807, 2.05) is 0 Å². The molecule has 3 rings (SSSR count). The molecule has 0 atom stereocenters. The van der Waals surface area contributed by atoms with Crippen LogP contribution >= 0.6 is 0 Å². The second kappa shape index (κ2) is 11.2. The Kier molecular flexibility index (Phi) is 8.58. The molecule has 2 aromatic rings. The van der Waals surface area contributed by atoms with Gasteiger partial charge in [-0.15, -0.1) is 0 Å². The van der Waals surface area contributed by atoms with E-state index in [0.29, 0.717) is 0 Å². The van der Waals surface area contributed by atoms with E-state index in [0.717, 1.165) is 18.8 Å². The lowest BCUT2D eigenvalue weighted by molar-refractivity contribution is -0.159. The highest BCUT2D eigenvalue weighted by molar-refractivity contribution is 6.27. The zero-order chi connectivity index (χ0) is 19.5. The number of aliphatic carboxylic acids is 2. The molecule has 1 fully saturated rings. The molecule has 0 bridgehead atoms. The second-order valence-corrected chi connectivity index (χ2v) is 6.58. The third-order valence-corrected chi connectivity index (χ3v) is 4.49. The van der Waals surface area contributed by atoms with Gasteiger partial charge in [-0.3, -0.25) is 0 Å². The van der Waals surface area contributed by atoms with Gasteiger partial charge in [0.25, 0.3) is 0 Å². The third kappa shape index (κ3) is 7.66. The van der Waals surface area contributed by atoms with Gasteiger partial charge in [0.15, 0.2) is 0 Å². The number of fused-ring (bicyclic) bond motifs is 1. The SMILES string of the molecule is O=C(O)C(=O)O.c1ccc2cc(OCCCN3CCCCCC3)ccc2c1. The van der Waals surface area contributed by atoms with Crippen molar-refractivity contribution in [1.29, 1.82) is 0 Å². The first-order chi connectivity index (χ1) is 13.1. The third-order valence-electron chi connectivity index (χ3n) is 4.49. The van der Waals surface area contributed by atoms with E-state index in [9.17, 15) is 0 Å². The minimum atomic E-state index is -1.82. The standard InChI is InChI=1S/C19H25NO.C2H2O4/c1-2-6-13-20(12-5-1)14-7-15-21-19-11-10-17-8-3-4-9-18(17)16-19;3-1(4)2(5)6/h3-4,8-11,16H,1-2,5-7,12-15H2;(H,3,4)(H,5,6). The molecule has 27 heavy (non-hydrogen) atoms. The van der Waals surface area contributed by atoms with Crippen LogP contribution in [-0.4, -0.2) is 53.3 Å². The molecule has 1 aliphatic rings. The number of hydrogen-bond acceptors (Lipinski definition) is 4. The van der Waals surface area contributed by atoms with Crippen LogP contribution in [0.4, 0.5) is 0 Å². The number of carboxylic acid groups (broad SMARTS) is 2. The van der Waals surface area contributed by atoms with Crippen molar-refractivity contribution >= 4 is 22.7 Å². The Morgan fingerprint density at radius 1 is 0.889 bits per heavy atom. The number of likely N-dealkylation sites (tertiary alicyclic amines) is 1. The zero-order valence-corrected chi connectivity index (χ0v) is 15.5. The smallest absolute Gasteiger partial charge is 0.414 e. The Hall–Kier alpha value is -2.60. The van der Waals surface area contributed by atoms with Crippen molar-refractivity contribution in [3.63, 3.8) is 0 Å². The molecule has 1 saturated heterocycles. The van der Waals surface area contributed by atoms with Gasteiger partial charge in [0.1, 0.15) is 5.75 Å². The highest BCUT2D eigenvalue weighted by Crippen LogP contribution is 2.20. The van der Waals surface area contributed by atoms with Crippen molar-refractivity contribution in [2.45, 2.75) is 32.1 Å². The molecule has 1 heterocycles. The number of carbonyl (C=O) groups is 2. The van der Waals surface area contributed by atoms with E-state index in [1.165, 1.54) is 56.1 Å². The van der Waals surface area contributed by atoms with Gasteiger partial charge in [0.2, 0.25) is 0 Å². The van der Waals surface area contributed by atoms with E-state index >= 15 is 0 Å². The number of nitrogens with zero attached hydrogens (tertiary/aromatic N) is 1. The van der Waals surface area contributed by atoms with E-state index < -0.39 is 11.9 Å². The largest absolute Gasteiger partial charge is 0.494 e. The van der Waals surface area contributed by atoms with E-state index in [1.54, 1.807) is 0 Å². The van der Waals surface area contributed by atoms with Gasteiger partial charge in [0.05, 0.1) is 6.61 Å². The summed E-state index contributed by atoms with van der Waals surface area (Å²) in [6.07, 6.45) is 6.66. The molecule has 0 radical (unpaired) electrons. The minimum Gasteiger partial charge on any atom is -0.494 e. The predicted molar refractivity (Wildman–Crippen MR) is 104 cm³/mol. The summed E-state index contributed by atoms with van der Waals surface area (Å²) in [5.41, 5.74) is 0. The normalized spacial score (nSPS) is 14.7. The van der Waals surface area contributed by atoms with Crippen molar-refractivity contribution in [3.05, 3.63) is 42.5 Å². The van der Waals surface area contributed by atoms with Gasteiger partial charge in [-0.1, -0.05) is 43.2 Å². The van der Waals surface area contributed by atoms with Crippen LogP contribution in [0.15, 0.2) is 42.5 Å². The summed E-state index contributed by atoms with van der Waals surface area (Å²) >= 11 is 0. The first-order valence-corrected chi connectivity index (χ1v) is 9.36. The summed E-state index contributed by atoms with van der Waals surface area (Å²) in [4.78, 5) is 20.8. The molecule has 0 unspecified atom stereocenters. The second-order valence-electron chi connectivity index (χ2n) is 6.58. The van der Waals surface area contributed by atoms with E-state index in [-0.39, 0.29) is 0 Å². The van der Waals surface area contributed by atoms with Gasteiger partial charge < -0.3 is 19.8 Å². The lowest BCUT2D eigenvalue weighted by atomic mass is 10.1. The molecular formula is C21H27NO5. The summed E-state index contributed by atoms with van der Waals surface area (Å²) in [6, 6.07) is 14.8. The first-order valence-electron chi connectivity index (χ1n) is 9.36. The van der Waals surface area contributed by atoms with Crippen molar-refractivity contribution in [2.24, 2.45) is 0 Å². The van der Waals surface area contributed by atoms with Gasteiger partial charge in [-0.25, -0.2) is 9.59 Å². The lowest BCUT2D eigenvalue weighted by Crippen LogP contribution is -2.26. The number of rotatable bonds is 5. The molecule has 0 amide bonds. The fourth-order valence-electron chi connectivity index (χ4n) is 3.10. The molecule has 2 aromatic carbocycles. The van der Waals surface area contributed by atoms with Crippen molar-refractivity contribution < 1.29 is 24.5 Å². The molecule has 1 aliphatic heterocycles. The number of carboxylic acids is 2. The van der Waals surface area contributed by atoms with E-state index in [4.69, 9.17) is 24.5 Å². The average molecular weight is 373 g/mol. The maximum atomic E-state index is 9.10. The van der Waals surface area contributed by atoms with Crippen molar-refractivity contribution in [3.8, 4) is 5.75 Å². The number of ether oxygens (including phenoxy) is 1. The Labute approximate surface area is 159 Å². The number of hydrogen-bond donors (Lipinski definition) is 2. The van der Waals surface area contributed by atoms with Crippen LogP contribution in [0.5, 0.6) is 5.75 Å². The monoisotopic (exact) mass is 373 g/mol. The molecule has 0 aromatic heterocycles. The quantitative estimate of drug-likeness (QED) is 0.615. The molecular weight excluding hydrogens is 346 g/mol. The Morgan fingerprint density at radius 2 is 1.52 bits per heavy atom. The number of benzene rings is 2. The summed E-state index contributed by atoms with van der Waals surface area (Å²) in [6.45, 7) is 4.54. The summed E-state index contributed by atoms with van der Waals surface area (Å²) in [7, 11) is 0. The van der Waals surface area contributed by atoms with Gasteiger partial charge in [-0.05, 0) is 55.3 Å². The van der Waals surface area contributed by atoms with Gasteiger partial charge >= 0.3 is 11.9 Å². The lowest BCUT2D eigenvalue weighted by Gasteiger charge is -2.19. The molecule has 0 spiro atoms. The van der Waals surface area contributed by atoms with Gasteiger partial charge in [0, 0.05) is 6.54 Å². The molecule has 6 nitrogen and oxygen atoms in total. The minimum absolute atomic E-state index is 0.814. The van der Waals surface area contributed by atoms with Gasteiger partial charge in [-0.2, -0.15) is 0 Å². The van der Waals surface area contributed by atoms with Crippen LogP contribution in [0, 0.1) is 0 Å². The van der Waals surface area contributed by atoms with Crippen LogP contribution in [0.3, 0.4) is 0 Å². The molecule has 2 N–H and O–H groups in total. The highest BCUT2D eigenvalue weighted by Gasteiger charge is 2.08. The Balaban J connectivity index is 0.000000380. The molecule has 0 saturated carbocycles. The van der Waals surface area contributed by atoms with Crippen LogP contribution < -0.4 is 4.74 Å². The van der Waals surface area contributed by atoms with Crippen LogP contribution in [0.25, 0.3) is 10.8 Å². The highest BCUT2D eigenvalue weighted by atomic mass is 16.5. The van der Waals surface area contributed by atoms with Crippen LogP contribution in [0.2, 0.25) is 0 Å². The predicted octanol–water partition coefficient (Wildman–Crippen LogP) is 3.64. The van der Waals surface area contributed by atoms with Crippen LogP contribution in [-0.2, 0) is 9.59 Å². The van der Waals surface area contributed by atoms with Crippen molar-refractivity contribution in [2.75, 3.05) is 26.2 Å². The summed E-state index contributed by atoms with van der Waals surface area (Å²) in [5, 5.41) is 17.3. The Bertz CT molecular complexity index is 726. The molecule has 6 heteroatoms. The zero-order valence-electron chi connectivity index (χ0n) is 15.5.